The molecule has 0 spiro atoms. The van der Waals surface area contributed by atoms with E-state index in [2.05, 4.69) is 73.7 Å². The van der Waals surface area contributed by atoms with Gasteiger partial charge in [-0.2, -0.15) is 0 Å². The van der Waals surface area contributed by atoms with Crippen molar-refractivity contribution in [1.82, 2.24) is 9.97 Å². The van der Waals surface area contributed by atoms with Gasteiger partial charge in [-0.15, -0.1) is 6.58 Å². The normalized spacial score (nSPS) is 16.2. The largest absolute Gasteiger partial charge is 0.402 e. The van der Waals surface area contributed by atoms with Crippen LogP contribution in [0.3, 0.4) is 0 Å². The molecule has 0 saturated heterocycles. The molecule has 1 aliphatic carbocycles. The Morgan fingerprint density at radius 2 is 1.81 bits per heavy atom. The molecular weight excluding hydrogens is 378 g/mol. The molecule has 31 heavy (non-hydrogen) atoms. The SMILES string of the molecule is C=CC(/C=C/C=C(\N)C(C)(C)C)Cc1ccc(-c2ncc(C3=CCCCC3)cn2)cc1. The third kappa shape index (κ3) is 6.52. The van der Waals surface area contributed by atoms with Gasteiger partial charge in [0.2, 0.25) is 0 Å². The van der Waals surface area contributed by atoms with Gasteiger partial charge >= 0.3 is 0 Å². The molecule has 0 radical (unpaired) electrons. The molecule has 2 aromatic rings. The van der Waals surface area contributed by atoms with Crippen molar-refractivity contribution >= 4 is 5.57 Å². The maximum Gasteiger partial charge on any atom is 0.159 e. The molecule has 162 valence electrons. The van der Waals surface area contributed by atoms with Gasteiger partial charge in [-0.3, -0.25) is 0 Å². The molecule has 0 fully saturated rings. The highest BCUT2D eigenvalue weighted by Gasteiger charge is 2.12. The lowest BCUT2D eigenvalue weighted by Crippen LogP contribution is -2.16. The van der Waals surface area contributed by atoms with Gasteiger partial charge in [0, 0.05) is 34.6 Å². The minimum atomic E-state index is -0.0164. The zero-order valence-corrected chi connectivity index (χ0v) is 19.1. The van der Waals surface area contributed by atoms with Gasteiger partial charge in [-0.1, -0.05) is 69.3 Å². The molecule has 0 bridgehead atoms. The summed E-state index contributed by atoms with van der Waals surface area (Å²) in [5, 5.41) is 0. The van der Waals surface area contributed by atoms with E-state index in [4.69, 9.17) is 5.73 Å². The predicted molar refractivity (Wildman–Crippen MR) is 132 cm³/mol. The van der Waals surface area contributed by atoms with E-state index < -0.39 is 0 Å². The fourth-order valence-electron chi connectivity index (χ4n) is 3.59. The first-order valence-corrected chi connectivity index (χ1v) is 11.2. The van der Waals surface area contributed by atoms with E-state index in [0.29, 0.717) is 0 Å². The second-order valence-electron chi connectivity index (χ2n) is 9.33. The third-order valence-corrected chi connectivity index (χ3v) is 5.80. The molecule has 3 rings (SSSR count). The van der Waals surface area contributed by atoms with Crippen molar-refractivity contribution < 1.29 is 0 Å². The number of hydrogen-bond acceptors (Lipinski definition) is 3. The van der Waals surface area contributed by atoms with Crippen molar-refractivity contribution in [3.05, 3.63) is 90.4 Å². The second-order valence-corrected chi connectivity index (χ2v) is 9.33. The van der Waals surface area contributed by atoms with Crippen LogP contribution < -0.4 is 5.73 Å². The van der Waals surface area contributed by atoms with Crippen LogP contribution in [0.25, 0.3) is 17.0 Å². The highest BCUT2D eigenvalue weighted by atomic mass is 14.9. The maximum atomic E-state index is 6.12. The number of rotatable bonds is 7. The van der Waals surface area contributed by atoms with Crippen LogP contribution >= 0.6 is 0 Å². The molecule has 1 aliphatic rings. The minimum Gasteiger partial charge on any atom is -0.402 e. The summed E-state index contributed by atoms with van der Waals surface area (Å²) in [4.78, 5) is 9.22. The Kier molecular flexibility index (Phi) is 7.62. The molecule has 1 heterocycles. The number of nitrogens with zero attached hydrogens (tertiary/aromatic N) is 2. The zero-order valence-electron chi connectivity index (χ0n) is 19.1. The molecule has 0 saturated carbocycles. The topological polar surface area (TPSA) is 51.8 Å². The van der Waals surface area contributed by atoms with Crippen molar-refractivity contribution in [1.29, 1.82) is 0 Å². The molecule has 3 nitrogen and oxygen atoms in total. The molecule has 1 aromatic carbocycles. The van der Waals surface area contributed by atoms with Crippen LogP contribution in [0.2, 0.25) is 0 Å². The summed E-state index contributed by atoms with van der Waals surface area (Å²) in [5.74, 6) is 1.03. The number of allylic oxidation sites excluding steroid dienone is 7. The fraction of sp³-hybridized carbons (Fsp3) is 0.357. The van der Waals surface area contributed by atoms with Gasteiger partial charge in [0.15, 0.2) is 5.82 Å². The molecule has 0 amide bonds. The van der Waals surface area contributed by atoms with Gasteiger partial charge in [0.05, 0.1) is 0 Å². The molecule has 1 atom stereocenters. The summed E-state index contributed by atoms with van der Waals surface area (Å²) >= 11 is 0. The van der Waals surface area contributed by atoms with Gasteiger partial charge in [0.1, 0.15) is 0 Å². The molecule has 1 unspecified atom stereocenters. The van der Waals surface area contributed by atoms with E-state index >= 15 is 0 Å². The van der Waals surface area contributed by atoms with Crippen molar-refractivity contribution in [2.75, 3.05) is 0 Å². The van der Waals surface area contributed by atoms with Crippen molar-refractivity contribution in [3.8, 4) is 11.4 Å². The first-order valence-electron chi connectivity index (χ1n) is 11.2. The Morgan fingerprint density at radius 3 is 2.39 bits per heavy atom. The van der Waals surface area contributed by atoms with Gasteiger partial charge in [0.25, 0.3) is 0 Å². The Morgan fingerprint density at radius 1 is 1.10 bits per heavy atom. The van der Waals surface area contributed by atoms with E-state index in [9.17, 15) is 0 Å². The average molecular weight is 414 g/mol. The van der Waals surface area contributed by atoms with Crippen LogP contribution in [0.1, 0.15) is 57.6 Å². The van der Waals surface area contributed by atoms with Gasteiger partial charge in [-0.25, -0.2) is 9.97 Å². The van der Waals surface area contributed by atoms with E-state index in [-0.39, 0.29) is 11.3 Å². The summed E-state index contributed by atoms with van der Waals surface area (Å²) in [5.41, 5.74) is 11.8. The molecule has 3 heteroatoms. The number of nitrogens with two attached hydrogens (primary N) is 1. The Balaban J connectivity index is 1.64. The molecular formula is C28H35N3. The quantitative estimate of drug-likeness (QED) is 0.397. The van der Waals surface area contributed by atoms with Crippen LogP contribution in [-0.2, 0) is 6.42 Å². The number of hydrogen-bond donors (Lipinski definition) is 1. The zero-order chi connectivity index (χ0) is 22.3. The van der Waals surface area contributed by atoms with Crippen LogP contribution in [0.4, 0.5) is 0 Å². The highest BCUT2D eigenvalue weighted by molar-refractivity contribution is 5.66. The summed E-state index contributed by atoms with van der Waals surface area (Å²) in [7, 11) is 0. The lowest BCUT2D eigenvalue weighted by Gasteiger charge is -2.18. The smallest absolute Gasteiger partial charge is 0.159 e. The Bertz CT molecular complexity index is 955. The third-order valence-electron chi connectivity index (χ3n) is 5.80. The van der Waals surface area contributed by atoms with Crippen LogP contribution in [0, 0.1) is 11.3 Å². The molecule has 1 aromatic heterocycles. The maximum absolute atomic E-state index is 6.12. The summed E-state index contributed by atoms with van der Waals surface area (Å²) in [6.07, 6.45) is 20.2. The summed E-state index contributed by atoms with van der Waals surface area (Å²) in [6, 6.07) is 8.51. The standard InChI is InChI=1S/C28H35N3/c1-5-21(10-9-13-26(29)28(2,3)4)18-22-14-16-24(17-15-22)27-30-19-25(20-31-27)23-11-7-6-8-12-23/h5,9-11,13-17,19-21H,1,6-8,12,18,29H2,2-4H3/b10-9+,26-13-. The summed E-state index contributed by atoms with van der Waals surface area (Å²) in [6.45, 7) is 10.3. The first-order chi connectivity index (χ1) is 14.9. The lowest BCUT2D eigenvalue weighted by atomic mass is 9.92. The first kappa shape index (κ1) is 22.7. The number of aromatic nitrogens is 2. The van der Waals surface area contributed by atoms with Crippen molar-refractivity contribution in [2.24, 2.45) is 17.1 Å². The monoisotopic (exact) mass is 413 g/mol. The van der Waals surface area contributed by atoms with Gasteiger partial charge in [-0.05, 0) is 55.2 Å². The van der Waals surface area contributed by atoms with Crippen LogP contribution in [0.5, 0.6) is 0 Å². The van der Waals surface area contributed by atoms with Gasteiger partial charge < -0.3 is 5.73 Å². The summed E-state index contributed by atoms with van der Waals surface area (Å²) < 4.78 is 0. The number of benzene rings is 1. The van der Waals surface area contributed by atoms with Crippen LogP contribution in [-0.4, -0.2) is 9.97 Å². The Labute approximate surface area is 187 Å². The second kappa shape index (κ2) is 10.4. The highest BCUT2D eigenvalue weighted by Crippen LogP contribution is 2.27. The minimum absolute atomic E-state index is 0.0164. The van der Waals surface area contributed by atoms with E-state index in [0.717, 1.165) is 35.5 Å². The Hall–Kier alpha value is -2.94. The van der Waals surface area contributed by atoms with E-state index in [1.165, 1.54) is 30.4 Å². The van der Waals surface area contributed by atoms with Crippen molar-refractivity contribution in [3.63, 3.8) is 0 Å². The van der Waals surface area contributed by atoms with Crippen LogP contribution in [0.15, 0.2) is 79.3 Å². The van der Waals surface area contributed by atoms with E-state index in [1.54, 1.807) is 0 Å². The van der Waals surface area contributed by atoms with E-state index in [1.807, 2.05) is 30.6 Å². The lowest BCUT2D eigenvalue weighted by molar-refractivity contribution is 0.497. The predicted octanol–water partition coefficient (Wildman–Crippen LogP) is 6.89. The van der Waals surface area contributed by atoms with Crippen molar-refractivity contribution in [2.45, 2.75) is 52.9 Å². The fourth-order valence-corrected chi connectivity index (χ4v) is 3.59. The average Bonchev–Trinajstić information content (AvgIpc) is 2.79. The molecule has 2 N–H and O–H groups in total. The molecule has 0 aliphatic heterocycles.